The number of nitrogens with zero attached hydrogens (tertiary/aromatic N) is 6. The Morgan fingerprint density at radius 2 is 2.07 bits per heavy atom. The molecule has 0 saturated carbocycles. The third-order valence-electron chi connectivity index (χ3n) is 6.14. The fourth-order valence-corrected chi connectivity index (χ4v) is 3.98. The van der Waals surface area contributed by atoms with Crippen molar-refractivity contribution >= 4 is 35.0 Å². The summed E-state index contributed by atoms with van der Waals surface area (Å²) in [6.07, 6.45) is 0.777. The topological polar surface area (TPSA) is 99.4 Å². The van der Waals surface area contributed by atoms with Crippen LogP contribution >= 0.6 is 11.6 Å². The van der Waals surface area contributed by atoms with Gasteiger partial charge in [-0.15, -0.1) is 0 Å². The van der Waals surface area contributed by atoms with Crippen molar-refractivity contribution < 1.29 is 9.90 Å². The minimum Gasteiger partial charge on any atom is -0.465 e. The maximum atomic E-state index is 11.9. The van der Waals surface area contributed by atoms with Gasteiger partial charge in [0, 0.05) is 37.9 Å². The van der Waals surface area contributed by atoms with Gasteiger partial charge < -0.3 is 15.3 Å². The van der Waals surface area contributed by atoms with E-state index in [1.165, 1.54) is 0 Å². The molecule has 30 heavy (non-hydrogen) atoms. The Kier molecular flexibility index (Phi) is 5.86. The predicted molar refractivity (Wildman–Crippen MR) is 118 cm³/mol. The molecule has 0 radical (unpaired) electrons. The summed E-state index contributed by atoms with van der Waals surface area (Å²) in [5.41, 5.74) is 0.928. The minimum atomic E-state index is -0.904. The third kappa shape index (κ3) is 4.03. The number of hydrogen-bond donors (Lipinski definition) is 2. The van der Waals surface area contributed by atoms with Crippen LogP contribution in [-0.2, 0) is 6.54 Å². The number of nitrogens with one attached hydrogen (secondary N) is 1. The van der Waals surface area contributed by atoms with Crippen LogP contribution in [0.2, 0.25) is 5.28 Å². The van der Waals surface area contributed by atoms with Crippen molar-refractivity contribution in [1.29, 1.82) is 0 Å². The van der Waals surface area contributed by atoms with Crippen LogP contribution < -0.4 is 10.2 Å². The SMILES string of the molecule is CCn1nc(Nc2nc(Cl)ncc2N2CCN(C(=O)O)[C@](C)(C(C)(C)C)C2)cc1C. The molecule has 1 saturated heterocycles. The van der Waals surface area contributed by atoms with Gasteiger partial charge >= 0.3 is 6.09 Å². The molecule has 2 aromatic rings. The second kappa shape index (κ2) is 7.94. The number of carbonyl (C=O) groups is 1. The summed E-state index contributed by atoms with van der Waals surface area (Å²) in [6.45, 7) is 14.4. The molecule has 0 aliphatic carbocycles. The first-order valence-corrected chi connectivity index (χ1v) is 10.4. The Hall–Kier alpha value is -2.55. The molecular weight excluding hydrogens is 406 g/mol. The van der Waals surface area contributed by atoms with Gasteiger partial charge in [0.1, 0.15) is 0 Å². The third-order valence-corrected chi connectivity index (χ3v) is 6.32. The molecule has 0 aromatic carbocycles. The zero-order valence-corrected chi connectivity index (χ0v) is 19.2. The van der Waals surface area contributed by atoms with Crippen LogP contribution in [0.4, 0.5) is 22.1 Å². The number of amides is 1. The zero-order valence-electron chi connectivity index (χ0n) is 18.4. The van der Waals surface area contributed by atoms with E-state index in [2.05, 4.69) is 46.1 Å². The Balaban J connectivity index is 1.96. The van der Waals surface area contributed by atoms with Crippen LogP contribution in [0.1, 0.15) is 40.3 Å². The smallest absolute Gasteiger partial charge is 0.407 e. The van der Waals surface area contributed by atoms with Crippen LogP contribution in [0.5, 0.6) is 0 Å². The average Bonchev–Trinajstić information content (AvgIpc) is 2.99. The van der Waals surface area contributed by atoms with Crippen LogP contribution in [0, 0.1) is 12.3 Å². The van der Waals surface area contributed by atoms with Crippen LogP contribution in [0.25, 0.3) is 0 Å². The quantitative estimate of drug-likeness (QED) is 0.700. The molecule has 2 aromatic heterocycles. The predicted octanol–water partition coefficient (Wildman–Crippen LogP) is 4.00. The van der Waals surface area contributed by atoms with Crippen molar-refractivity contribution in [3.05, 3.63) is 23.2 Å². The van der Waals surface area contributed by atoms with E-state index in [-0.39, 0.29) is 10.7 Å². The molecule has 9 nitrogen and oxygen atoms in total. The van der Waals surface area contributed by atoms with Crippen molar-refractivity contribution in [2.24, 2.45) is 5.41 Å². The Morgan fingerprint density at radius 1 is 1.37 bits per heavy atom. The first-order valence-electron chi connectivity index (χ1n) is 10.1. The van der Waals surface area contributed by atoms with Gasteiger partial charge in [0.15, 0.2) is 11.6 Å². The molecule has 1 aliphatic heterocycles. The molecular formula is C20H30ClN7O2. The molecule has 10 heteroatoms. The molecule has 0 unspecified atom stereocenters. The van der Waals surface area contributed by atoms with Gasteiger partial charge in [-0.3, -0.25) is 9.58 Å². The maximum absolute atomic E-state index is 11.9. The van der Waals surface area contributed by atoms with Crippen LogP contribution in [-0.4, -0.2) is 61.0 Å². The summed E-state index contributed by atoms with van der Waals surface area (Å²) in [7, 11) is 0. The van der Waals surface area contributed by atoms with Gasteiger partial charge in [0.2, 0.25) is 5.28 Å². The zero-order chi connectivity index (χ0) is 22.3. The minimum absolute atomic E-state index is 0.135. The van der Waals surface area contributed by atoms with Gasteiger partial charge in [-0.1, -0.05) is 20.8 Å². The molecule has 1 fully saturated rings. The Morgan fingerprint density at radius 3 is 2.63 bits per heavy atom. The maximum Gasteiger partial charge on any atom is 0.407 e. The van der Waals surface area contributed by atoms with Crippen molar-refractivity contribution in [3.8, 4) is 0 Å². The van der Waals surface area contributed by atoms with Gasteiger partial charge in [-0.05, 0) is 37.8 Å². The van der Waals surface area contributed by atoms with Crippen molar-refractivity contribution in [3.63, 3.8) is 0 Å². The van der Waals surface area contributed by atoms with Crippen molar-refractivity contribution in [2.45, 2.75) is 53.6 Å². The molecule has 3 heterocycles. The summed E-state index contributed by atoms with van der Waals surface area (Å²) in [5, 5.41) is 17.7. The highest BCUT2D eigenvalue weighted by Gasteiger charge is 2.49. The summed E-state index contributed by atoms with van der Waals surface area (Å²) in [6, 6.07) is 1.95. The van der Waals surface area contributed by atoms with Gasteiger partial charge in [-0.2, -0.15) is 10.1 Å². The van der Waals surface area contributed by atoms with E-state index in [4.69, 9.17) is 11.6 Å². The monoisotopic (exact) mass is 435 g/mol. The standard InChI is InChI=1S/C20H30ClN7O2/c1-7-28-13(2)10-15(25-28)23-16-14(11-22-17(21)24-16)26-8-9-27(18(29)30)20(6,12-26)19(3,4)5/h10-11H,7-9,12H2,1-6H3,(H,29,30)(H,22,23,24,25)/t20-/m0/s1. The number of halogens is 1. The number of carboxylic acid groups (broad SMARTS) is 1. The number of anilines is 3. The molecule has 164 valence electrons. The number of aryl methyl sites for hydroxylation is 2. The van der Waals surface area contributed by atoms with Gasteiger partial charge in [0.05, 0.1) is 17.4 Å². The number of aromatic nitrogens is 4. The summed E-state index contributed by atoms with van der Waals surface area (Å²) in [4.78, 5) is 24.1. The molecule has 0 spiro atoms. The summed E-state index contributed by atoms with van der Waals surface area (Å²) < 4.78 is 1.90. The summed E-state index contributed by atoms with van der Waals surface area (Å²) >= 11 is 6.09. The second-order valence-electron chi connectivity index (χ2n) is 8.86. The van der Waals surface area contributed by atoms with E-state index in [1.807, 2.05) is 31.5 Å². The molecule has 1 amide bonds. The van der Waals surface area contributed by atoms with Gasteiger partial charge in [-0.25, -0.2) is 9.78 Å². The first-order chi connectivity index (χ1) is 14.0. The van der Waals surface area contributed by atoms with Crippen LogP contribution in [0.15, 0.2) is 12.3 Å². The molecule has 1 aliphatic rings. The molecule has 1 atom stereocenters. The second-order valence-corrected chi connectivity index (χ2v) is 9.20. The van der Waals surface area contributed by atoms with E-state index in [1.54, 1.807) is 11.1 Å². The molecule has 0 bridgehead atoms. The summed E-state index contributed by atoms with van der Waals surface area (Å²) in [5.74, 6) is 1.23. The lowest BCUT2D eigenvalue weighted by Gasteiger charge is -2.54. The van der Waals surface area contributed by atoms with E-state index < -0.39 is 11.6 Å². The first kappa shape index (κ1) is 22.1. The van der Waals surface area contributed by atoms with E-state index in [0.29, 0.717) is 31.3 Å². The number of rotatable bonds is 4. The highest BCUT2D eigenvalue weighted by atomic mass is 35.5. The lowest BCUT2D eigenvalue weighted by molar-refractivity contribution is 0.00747. The molecule has 2 N–H and O–H groups in total. The largest absolute Gasteiger partial charge is 0.465 e. The number of hydrogen-bond acceptors (Lipinski definition) is 6. The Bertz CT molecular complexity index is 940. The van der Waals surface area contributed by atoms with Crippen molar-refractivity contribution in [2.75, 3.05) is 29.9 Å². The van der Waals surface area contributed by atoms with Gasteiger partial charge in [0.25, 0.3) is 0 Å². The highest BCUT2D eigenvalue weighted by molar-refractivity contribution is 6.28. The van der Waals surface area contributed by atoms with E-state index in [0.717, 1.165) is 17.9 Å². The lowest BCUT2D eigenvalue weighted by Crippen LogP contribution is -2.67. The fraction of sp³-hybridized carbons (Fsp3) is 0.600. The molecule has 3 rings (SSSR count). The number of piperazine rings is 1. The average molecular weight is 436 g/mol. The highest BCUT2D eigenvalue weighted by Crippen LogP contribution is 2.40. The Labute approximate surface area is 182 Å². The van der Waals surface area contributed by atoms with E-state index >= 15 is 0 Å². The van der Waals surface area contributed by atoms with Crippen molar-refractivity contribution in [1.82, 2.24) is 24.6 Å². The normalized spacial score (nSPS) is 19.8. The fourth-order valence-electron chi connectivity index (χ4n) is 3.85. The van der Waals surface area contributed by atoms with E-state index in [9.17, 15) is 9.90 Å². The lowest BCUT2D eigenvalue weighted by atomic mass is 9.72. The van der Waals surface area contributed by atoms with Crippen LogP contribution in [0.3, 0.4) is 0 Å².